The molecule has 4 atom stereocenters. The lowest BCUT2D eigenvalue weighted by Gasteiger charge is -2.28. The predicted molar refractivity (Wildman–Crippen MR) is 140 cm³/mol. The predicted octanol–water partition coefficient (Wildman–Crippen LogP) is 1.93. The molecular formula is C27H44N4O5. The van der Waals surface area contributed by atoms with Crippen LogP contribution in [-0.2, 0) is 30.3 Å². The Morgan fingerprint density at radius 1 is 0.778 bits per heavy atom. The SMILES string of the molecule is COC(=O)[C@H](Cc1ccccc1)NC(=O)[C@@H](NC(=O)[C@H](CC(C)C)NC(=O)[C@@H](N)CC(C)C)C(C)C. The Bertz CT molecular complexity index is 857. The molecular weight excluding hydrogens is 460 g/mol. The van der Waals surface area contributed by atoms with E-state index in [0.29, 0.717) is 12.8 Å². The van der Waals surface area contributed by atoms with Gasteiger partial charge in [0.05, 0.1) is 13.2 Å². The quantitative estimate of drug-likeness (QED) is 0.286. The molecule has 1 aromatic carbocycles. The number of esters is 1. The van der Waals surface area contributed by atoms with Crippen molar-refractivity contribution in [2.75, 3.05) is 7.11 Å². The van der Waals surface area contributed by atoms with Crippen LogP contribution in [0.1, 0.15) is 59.9 Å². The van der Waals surface area contributed by atoms with Gasteiger partial charge in [-0.2, -0.15) is 0 Å². The minimum Gasteiger partial charge on any atom is -0.467 e. The van der Waals surface area contributed by atoms with Crippen LogP contribution >= 0.6 is 0 Å². The lowest BCUT2D eigenvalue weighted by molar-refractivity contribution is -0.145. The van der Waals surface area contributed by atoms with Crippen molar-refractivity contribution in [3.8, 4) is 0 Å². The van der Waals surface area contributed by atoms with E-state index in [1.807, 2.05) is 58.0 Å². The zero-order valence-corrected chi connectivity index (χ0v) is 22.7. The monoisotopic (exact) mass is 504 g/mol. The summed E-state index contributed by atoms with van der Waals surface area (Å²) in [6, 6.07) is 5.86. The standard InChI is InChI=1S/C27H44N4O5/c1-16(2)13-20(28)24(32)29-21(14-17(3)4)25(33)31-23(18(5)6)26(34)30-22(27(35)36-7)15-19-11-9-8-10-12-19/h8-12,16-18,20-23H,13-15,28H2,1-7H3,(H,29,32)(H,30,34)(H,31,33)/t20-,21-,22-,23-/m0/s1. The van der Waals surface area contributed by atoms with E-state index in [9.17, 15) is 19.2 Å². The fourth-order valence-electron chi connectivity index (χ4n) is 3.83. The molecule has 9 nitrogen and oxygen atoms in total. The van der Waals surface area contributed by atoms with E-state index in [4.69, 9.17) is 10.5 Å². The second-order valence-electron chi connectivity index (χ2n) is 10.4. The van der Waals surface area contributed by atoms with Gasteiger partial charge >= 0.3 is 5.97 Å². The number of hydrogen-bond donors (Lipinski definition) is 4. The Balaban J connectivity index is 2.99. The zero-order valence-electron chi connectivity index (χ0n) is 22.7. The van der Waals surface area contributed by atoms with Crippen LogP contribution in [0.15, 0.2) is 30.3 Å². The number of amides is 3. The van der Waals surface area contributed by atoms with E-state index >= 15 is 0 Å². The number of rotatable bonds is 14. The molecule has 0 aliphatic rings. The van der Waals surface area contributed by atoms with Crippen molar-refractivity contribution in [3.63, 3.8) is 0 Å². The maximum atomic E-state index is 13.2. The van der Waals surface area contributed by atoms with E-state index in [2.05, 4.69) is 16.0 Å². The van der Waals surface area contributed by atoms with Gasteiger partial charge in [0.25, 0.3) is 0 Å². The molecule has 0 aliphatic carbocycles. The number of carbonyl (C=O) groups excluding carboxylic acids is 4. The van der Waals surface area contributed by atoms with Crippen molar-refractivity contribution in [2.24, 2.45) is 23.5 Å². The highest BCUT2D eigenvalue weighted by atomic mass is 16.5. The molecule has 9 heteroatoms. The third kappa shape index (κ3) is 10.8. The number of methoxy groups -OCH3 is 1. The second kappa shape index (κ2) is 15.2. The largest absolute Gasteiger partial charge is 0.467 e. The first kappa shape index (κ1) is 31.1. The number of nitrogens with one attached hydrogen (secondary N) is 3. The minimum atomic E-state index is -0.920. The number of ether oxygens (including phenoxy) is 1. The number of carbonyl (C=O) groups is 4. The van der Waals surface area contributed by atoms with Crippen LogP contribution in [0.2, 0.25) is 0 Å². The molecule has 0 aromatic heterocycles. The molecule has 0 spiro atoms. The highest BCUT2D eigenvalue weighted by Gasteiger charge is 2.32. The third-order valence-corrected chi connectivity index (χ3v) is 5.73. The van der Waals surface area contributed by atoms with Crippen LogP contribution in [0.5, 0.6) is 0 Å². The summed E-state index contributed by atoms with van der Waals surface area (Å²) in [5, 5.41) is 8.26. The van der Waals surface area contributed by atoms with Crippen LogP contribution in [0.3, 0.4) is 0 Å². The lowest BCUT2D eigenvalue weighted by atomic mass is 9.98. The topological polar surface area (TPSA) is 140 Å². The number of nitrogens with two attached hydrogens (primary N) is 1. The number of benzene rings is 1. The summed E-state index contributed by atoms with van der Waals surface area (Å²) in [4.78, 5) is 51.4. The van der Waals surface area contributed by atoms with Crippen molar-refractivity contribution in [1.82, 2.24) is 16.0 Å². The molecule has 1 aromatic rings. The Morgan fingerprint density at radius 3 is 1.83 bits per heavy atom. The van der Waals surface area contributed by atoms with E-state index in [1.165, 1.54) is 7.11 Å². The fraction of sp³-hybridized carbons (Fsp3) is 0.630. The van der Waals surface area contributed by atoms with Crippen molar-refractivity contribution < 1.29 is 23.9 Å². The molecule has 0 fully saturated rings. The van der Waals surface area contributed by atoms with Crippen LogP contribution in [-0.4, -0.2) is 55.0 Å². The smallest absolute Gasteiger partial charge is 0.328 e. The maximum Gasteiger partial charge on any atom is 0.328 e. The second-order valence-corrected chi connectivity index (χ2v) is 10.4. The highest BCUT2D eigenvalue weighted by molar-refractivity contribution is 5.94. The van der Waals surface area contributed by atoms with Crippen LogP contribution in [0.4, 0.5) is 0 Å². The molecule has 0 radical (unpaired) electrons. The minimum absolute atomic E-state index is 0.114. The van der Waals surface area contributed by atoms with E-state index < -0.39 is 47.9 Å². The Hall–Kier alpha value is -2.94. The summed E-state index contributed by atoms with van der Waals surface area (Å²) >= 11 is 0. The molecule has 0 heterocycles. The zero-order chi connectivity index (χ0) is 27.4. The molecule has 0 bridgehead atoms. The van der Waals surface area contributed by atoms with Crippen molar-refractivity contribution in [3.05, 3.63) is 35.9 Å². The van der Waals surface area contributed by atoms with E-state index in [0.717, 1.165) is 5.56 Å². The Morgan fingerprint density at radius 2 is 1.33 bits per heavy atom. The van der Waals surface area contributed by atoms with Crippen molar-refractivity contribution in [2.45, 2.75) is 85.0 Å². The van der Waals surface area contributed by atoms with E-state index in [-0.39, 0.29) is 24.2 Å². The summed E-state index contributed by atoms with van der Waals surface area (Å²) < 4.78 is 4.88. The lowest BCUT2D eigenvalue weighted by Crippen LogP contribution is -2.59. The summed E-state index contributed by atoms with van der Waals surface area (Å²) in [7, 11) is 1.26. The first-order valence-corrected chi connectivity index (χ1v) is 12.6. The molecule has 3 amide bonds. The Labute approximate surface area is 215 Å². The van der Waals surface area contributed by atoms with Crippen molar-refractivity contribution >= 4 is 23.7 Å². The summed E-state index contributed by atoms with van der Waals surface area (Å²) in [5.74, 6) is -1.88. The van der Waals surface area contributed by atoms with Gasteiger partial charge in [-0.1, -0.05) is 71.9 Å². The molecule has 36 heavy (non-hydrogen) atoms. The fourth-order valence-corrected chi connectivity index (χ4v) is 3.83. The van der Waals surface area contributed by atoms with Gasteiger partial charge in [-0.15, -0.1) is 0 Å². The molecule has 5 N–H and O–H groups in total. The van der Waals surface area contributed by atoms with Gasteiger partial charge in [0.1, 0.15) is 18.1 Å². The molecule has 0 saturated heterocycles. The van der Waals surface area contributed by atoms with Crippen molar-refractivity contribution in [1.29, 1.82) is 0 Å². The van der Waals surface area contributed by atoms with Gasteiger partial charge in [0, 0.05) is 6.42 Å². The average Bonchev–Trinajstić information content (AvgIpc) is 2.80. The van der Waals surface area contributed by atoms with Crippen LogP contribution in [0.25, 0.3) is 0 Å². The van der Waals surface area contributed by atoms with Gasteiger partial charge in [-0.25, -0.2) is 4.79 Å². The first-order valence-electron chi connectivity index (χ1n) is 12.6. The van der Waals surface area contributed by atoms with Gasteiger partial charge in [0.2, 0.25) is 17.7 Å². The molecule has 1 rings (SSSR count). The van der Waals surface area contributed by atoms with Crippen LogP contribution < -0.4 is 21.7 Å². The van der Waals surface area contributed by atoms with Gasteiger partial charge < -0.3 is 26.4 Å². The molecule has 202 valence electrons. The van der Waals surface area contributed by atoms with Gasteiger partial charge in [-0.3, -0.25) is 14.4 Å². The summed E-state index contributed by atoms with van der Waals surface area (Å²) in [6.45, 7) is 11.4. The normalized spacial score (nSPS) is 14.6. The van der Waals surface area contributed by atoms with Gasteiger partial charge in [-0.05, 0) is 36.2 Å². The van der Waals surface area contributed by atoms with E-state index in [1.54, 1.807) is 13.8 Å². The first-order chi connectivity index (χ1) is 16.8. The molecule has 0 saturated carbocycles. The summed E-state index contributed by atoms with van der Waals surface area (Å²) in [5.41, 5.74) is 6.86. The van der Waals surface area contributed by atoms with Gasteiger partial charge in [0.15, 0.2) is 0 Å². The molecule has 0 aliphatic heterocycles. The van der Waals surface area contributed by atoms with Crippen LogP contribution in [0, 0.1) is 17.8 Å². The maximum absolute atomic E-state index is 13.2. The Kier molecular flexibility index (Phi) is 13.2. The summed E-state index contributed by atoms with van der Waals surface area (Å²) in [6.07, 6.45) is 1.13. The molecule has 0 unspecified atom stereocenters. The number of hydrogen-bond acceptors (Lipinski definition) is 6. The highest BCUT2D eigenvalue weighted by Crippen LogP contribution is 2.11. The average molecular weight is 505 g/mol. The third-order valence-electron chi connectivity index (χ3n) is 5.73.